The van der Waals surface area contributed by atoms with Gasteiger partial charge in [0.2, 0.25) is 0 Å². The second-order valence-corrected chi connectivity index (χ2v) is 6.67. The van der Waals surface area contributed by atoms with E-state index in [2.05, 4.69) is 20.7 Å². The molecule has 0 aromatic heterocycles. The fourth-order valence-electron chi connectivity index (χ4n) is 1.79. The number of nitrogens with one attached hydrogen (secondary N) is 1. The molecule has 112 valence electrons. The van der Waals surface area contributed by atoms with Crippen molar-refractivity contribution in [1.82, 2.24) is 0 Å². The lowest BCUT2D eigenvalue weighted by molar-refractivity contribution is 0.402. The molecule has 0 spiro atoms. The summed E-state index contributed by atoms with van der Waals surface area (Å²) in [5.41, 5.74) is 0.363. The molecule has 2 rings (SSSR count). The van der Waals surface area contributed by atoms with E-state index in [1.807, 2.05) is 0 Å². The quantitative estimate of drug-likeness (QED) is 0.875. The van der Waals surface area contributed by atoms with Gasteiger partial charge in [0, 0.05) is 4.47 Å². The summed E-state index contributed by atoms with van der Waals surface area (Å²) >= 11 is 3.26. The van der Waals surface area contributed by atoms with E-state index >= 15 is 0 Å². The fourth-order valence-corrected chi connectivity index (χ4v) is 3.57. The molecular formula is C14H14BrNO4S. The second kappa shape index (κ2) is 6.36. The number of rotatable bonds is 5. The third-order valence-electron chi connectivity index (χ3n) is 2.77. The van der Waals surface area contributed by atoms with Gasteiger partial charge in [0.05, 0.1) is 19.9 Å². The molecule has 7 heteroatoms. The van der Waals surface area contributed by atoms with Crippen molar-refractivity contribution in [2.75, 3.05) is 18.9 Å². The van der Waals surface area contributed by atoms with Crippen molar-refractivity contribution >= 4 is 31.6 Å². The van der Waals surface area contributed by atoms with Crippen LogP contribution in [0, 0.1) is 0 Å². The Labute approximate surface area is 132 Å². The lowest BCUT2D eigenvalue weighted by Crippen LogP contribution is -2.14. The van der Waals surface area contributed by atoms with Crippen LogP contribution in [-0.2, 0) is 10.0 Å². The van der Waals surface area contributed by atoms with Crippen molar-refractivity contribution in [1.29, 1.82) is 0 Å². The number of hydrogen-bond donors (Lipinski definition) is 1. The Morgan fingerprint density at radius 2 is 1.67 bits per heavy atom. The van der Waals surface area contributed by atoms with Gasteiger partial charge in [-0.25, -0.2) is 8.42 Å². The average Bonchev–Trinajstić information content (AvgIpc) is 2.47. The molecule has 0 heterocycles. The number of halogens is 1. The predicted molar refractivity (Wildman–Crippen MR) is 84.5 cm³/mol. The molecule has 0 aliphatic heterocycles. The molecular weight excluding hydrogens is 358 g/mol. The van der Waals surface area contributed by atoms with Crippen molar-refractivity contribution in [3.8, 4) is 11.5 Å². The summed E-state index contributed by atoms with van der Waals surface area (Å²) in [5, 5.41) is 0. The molecule has 2 aromatic carbocycles. The molecule has 0 saturated carbocycles. The maximum atomic E-state index is 12.5. The summed E-state index contributed by atoms with van der Waals surface area (Å²) < 4.78 is 38.5. The Balaban J connectivity index is 2.46. The first-order chi connectivity index (χ1) is 9.97. The molecule has 21 heavy (non-hydrogen) atoms. The molecule has 5 nitrogen and oxygen atoms in total. The lowest BCUT2D eigenvalue weighted by Gasteiger charge is -2.14. The summed E-state index contributed by atoms with van der Waals surface area (Å²) in [7, 11) is -0.895. The minimum Gasteiger partial charge on any atom is -0.495 e. The van der Waals surface area contributed by atoms with E-state index < -0.39 is 10.0 Å². The third-order valence-corrected chi connectivity index (χ3v) is 4.65. The Morgan fingerprint density at radius 1 is 1.00 bits per heavy atom. The van der Waals surface area contributed by atoms with Gasteiger partial charge in [0.1, 0.15) is 16.4 Å². The Morgan fingerprint density at radius 3 is 2.33 bits per heavy atom. The highest BCUT2D eigenvalue weighted by Gasteiger charge is 2.21. The van der Waals surface area contributed by atoms with Crippen LogP contribution in [0.4, 0.5) is 5.69 Å². The van der Waals surface area contributed by atoms with Crippen molar-refractivity contribution in [2.45, 2.75) is 4.90 Å². The van der Waals surface area contributed by atoms with Crippen LogP contribution < -0.4 is 14.2 Å². The van der Waals surface area contributed by atoms with Gasteiger partial charge < -0.3 is 9.47 Å². The Kier molecular flexibility index (Phi) is 4.74. The molecule has 2 aromatic rings. The molecule has 1 N–H and O–H groups in total. The minimum atomic E-state index is -3.80. The van der Waals surface area contributed by atoms with Gasteiger partial charge in [0.15, 0.2) is 0 Å². The molecule has 0 fully saturated rings. The van der Waals surface area contributed by atoms with Gasteiger partial charge in [0.25, 0.3) is 10.0 Å². The highest BCUT2D eigenvalue weighted by molar-refractivity contribution is 9.10. The van der Waals surface area contributed by atoms with Crippen molar-refractivity contribution < 1.29 is 17.9 Å². The number of sulfonamides is 1. The van der Waals surface area contributed by atoms with Crippen LogP contribution in [0.15, 0.2) is 51.8 Å². The van der Waals surface area contributed by atoms with Gasteiger partial charge in [-0.15, -0.1) is 0 Å². The number of benzene rings is 2. The summed E-state index contributed by atoms with van der Waals surface area (Å²) in [6, 6.07) is 11.6. The highest BCUT2D eigenvalue weighted by atomic mass is 79.9. The van der Waals surface area contributed by atoms with Gasteiger partial charge in [-0.1, -0.05) is 28.1 Å². The summed E-state index contributed by atoms with van der Waals surface area (Å²) in [6.07, 6.45) is 0. The van der Waals surface area contributed by atoms with Crippen LogP contribution in [-0.4, -0.2) is 22.6 Å². The van der Waals surface area contributed by atoms with Crippen molar-refractivity contribution in [3.05, 3.63) is 46.9 Å². The van der Waals surface area contributed by atoms with Gasteiger partial charge in [-0.3, -0.25) is 4.72 Å². The van der Waals surface area contributed by atoms with E-state index in [1.165, 1.54) is 20.3 Å². The summed E-state index contributed by atoms with van der Waals surface area (Å²) in [6.45, 7) is 0. The molecule has 0 aliphatic carbocycles. The van der Waals surface area contributed by atoms with Crippen molar-refractivity contribution in [3.63, 3.8) is 0 Å². The number of methoxy groups -OCH3 is 2. The van der Waals surface area contributed by atoms with E-state index in [4.69, 9.17) is 9.47 Å². The molecule has 0 aliphatic rings. The topological polar surface area (TPSA) is 64.6 Å². The Bertz CT molecular complexity index is 746. The molecule has 0 amide bonds. The number of ether oxygens (including phenoxy) is 2. The zero-order chi connectivity index (χ0) is 15.5. The van der Waals surface area contributed by atoms with Gasteiger partial charge in [-0.2, -0.15) is 0 Å². The zero-order valence-corrected chi connectivity index (χ0v) is 13.9. The molecule has 0 atom stereocenters. The molecule has 0 bridgehead atoms. The second-order valence-electron chi connectivity index (χ2n) is 4.10. The van der Waals surface area contributed by atoms with Crippen LogP contribution in [0.3, 0.4) is 0 Å². The van der Waals surface area contributed by atoms with Crippen LogP contribution in [0.5, 0.6) is 11.5 Å². The lowest BCUT2D eigenvalue weighted by atomic mass is 10.3. The van der Waals surface area contributed by atoms with Crippen LogP contribution in [0.25, 0.3) is 0 Å². The number of hydrogen-bond acceptors (Lipinski definition) is 4. The fraction of sp³-hybridized carbons (Fsp3) is 0.143. The third kappa shape index (κ3) is 3.48. The van der Waals surface area contributed by atoms with Crippen LogP contribution in [0.2, 0.25) is 0 Å². The predicted octanol–water partition coefficient (Wildman–Crippen LogP) is 3.27. The first-order valence-corrected chi connectivity index (χ1v) is 8.25. The van der Waals surface area contributed by atoms with E-state index in [9.17, 15) is 8.42 Å². The van der Waals surface area contributed by atoms with Gasteiger partial charge in [-0.05, 0) is 30.3 Å². The van der Waals surface area contributed by atoms with Crippen LogP contribution >= 0.6 is 15.9 Å². The maximum Gasteiger partial charge on any atom is 0.265 e. The summed E-state index contributed by atoms with van der Waals surface area (Å²) in [5.74, 6) is 0.704. The van der Waals surface area contributed by atoms with Crippen LogP contribution in [0.1, 0.15) is 0 Å². The van der Waals surface area contributed by atoms with E-state index in [-0.39, 0.29) is 10.6 Å². The van der Waals surface area contributed by atoms with Crippen molar-refractivity contribution in [2.24, 2.45) is 0 Å². The average molecular weight is 372 g/mol. The highest BCUT2D eigenvalue weighted by Crippen LogP contribution is 2.31. The van der Waals surface area contributed by atoms with E-state index in [0.29, 0.717) is 15.9 Å². The van der Waals surface area contributed by atoms with E-state index in [0.717, 1.165) is 0 Å². The number of para-hydroxylation sites is 2. The smallest absolute Gasteiger partial charge is 0.265 e. The SMILES string of the molecule is COc1ccccc1NS(=O)(=O)c1cc(Br)ccc1OC. The Hall–Kier alpha value is -1.73. The standard InChI is InChI=1S/C14H14BrNO4S/c1-19-12-6-4-3-5-11(12)16-21(17,18)14-9-10(15)7-8-13(14)20-2/h3-9,16H,1-2H3. The largest absolute Gasteiger partial charge is 0.495 e. The van der Waals surface area contributed by atoms with E-state index in [1.54, 1.807) is 36.4 Å². The zero-order valence-electron chi connectivity index (χ0n) is 11.5. The molecule has 0 radical (unpaired) electrons. The monoisotopic (exact) mass is 371 g/mol. The number of anilines is 1. The maximum absolute atomic E-state index is 12.5. The molecule has 0 unspecified atom stereocenters. The molecule has 0 saturated heterocycles. The first-order valence-electron chi connectivity index (χ1n) is 5.97. The minimum absolute atomic E-state index is 0.0466. The summed E-state index contributed by atoms with van der Waals surface area (Å²) in [4.78, 5) is 0.0466. The van der Waals surface area contributed by atoms with Gasteiger partial charge >= 0.3 is 0 Å². The first kappa shape index (κ1) is 15.7. The normalized spacial score (nSPS) is 11.0.